The molecule has 6 nitrogen and oxygen atoms in total. The Balaban J connectivity index is 2.45. The van der Waals surface area contributed by atoms with Crippen LogP contribution < -0.4 is 15.0 Å². The lowest BCUT2D eigenvalue weighted by Crippen LogP contribution is -2.47. The summed E-state index contributed by atoms with van der Waals surface area (Å²) in [5.74, 6) is -0.542. The molecule has 0 radical (unpaired) electrons. The Hall–Kier alpha value is -2.24. The number of nitrogens with one attached hydrogen (secondary N) is 1. The van der Waals surface area contributed by atoms with Gasteiger partial charge in [-0.1, -0.05) is 0 Å². The number of carbonyl (C=O) groups excluding carboxylic acids is 1. The van der Waals surface area contributed by atoms with Crippen molar-refractivity contribution >= 4 is 17.7 Å². The van der Waals surface area contributed by atoms with Gasteiger partial charge in [0, 0.05) is 19.2 Å². The van der Waals surface area contributed by atoms with Gasteiger partial charge in [-0.15, -0.1) is 0 Å². The van der Waals surface area contributed by atoms with Gasteiger partial charge in [0.1, 0.15) is 5.75 Å². The van der Waals surface area contributed by atoms with Gasteiger partial charge in [0.2, 0.25) is 0 Å². The van der Waals surface area contributed by atoms with E-state index < -0.39 is 5.97 Å². The quantitative estimate of drug-likeness (QED) is 0.847. The zero-order valence-electron chi connectivity index (χ0n) is 9.97. The lowest BCUT2D eigenvalue weighted by Gasteiger charge is -2.28. The summed E-state index contributed by atoms with van der Waals surface area (Å²) in [5, 5.41) is 11.8. The SMILES string of the molecule is COc1ccc(C(=O)O)c(N2CCCNC2=O)c1. The van der Waals surface area contributed by atoms with Crippen LogP contribution in [-0.2, 0) is 0 Å². The Morgan fingerprint density at radius 2 is 2.28 bits per heavy atom. The van der Waals surface area contributed by atoms with Crippen molar-refractivity contribution in [3.8, 4) is 5.75 Å². The van der Waals surface area contributed by atoms with E-state index in [-0.39, 0.29) is 11.6 Å². The standard InChI is InChI=1S/C12H14N2O4/c1-18-8-3-4-9(11(15)16)10(7-8)14-6-2-5-13-12(14)17/h3-4,7H,2,5-6H2,1H3,(H,13,17)(H,15,16). The highest BCUT2D eigenvalue weighted by Crippen LogP contribution is 2.27. The second-order valence-electron chi connectivity index (χ2n) is 3.93. The van der Waals surface area contributed by atoms with E-state index in [4.69, 9.17) is 9.84 Å². The molecule has 2 amide bonds. The number of nitrogens with zero attached hydrogens (tertiary/aromatic N) is 1. The van der Waals surface area contributed by atoms with E-state index in [1.807, 2.05) is 0 Å². The molecule has 18 heavy (non-hydrogen) atoms. The molecule has 0 bridgehead atoms. The van der Waals surface area contributed by atoms with E-state index in [0.29, 0.717) is 24.5 Å². The number of hydrogen-bond acceptors (Lipinski definition) is 3. The molecule has 1 aliphatic rings. The number of hydrogen-bond donors (Lipinski definition) is 2. The number of amides is 2. The van der Waals surface area contributed by atoms with Crippen molar-refractivity contribution in [2.75, 3.05) is 25.1 Å². The van der Waals surface area contributed by atoms with Crippen LogP contribution in [0.2, 0.25) is 0 Å². The van der Waals surface area contributed by atoms with Crippen molar-refractivity contribution < 1.29 is 19.4 Å². The van der Waals surface area contributed by atoms with Crippen molar-refractivity contribution in [2.24, 2.45) is 0 Å². The zero-order chi connectivity index (χ0) is 13.1. The number of carboxylic acids is 1. The van der Waals surface area contributed by atoms with Gasteiger partial charge in [-0.2, -0.15) is 0 Å². The maximum Gasteiger partial charge on any atom is 0.337 e. The van der Waals surface area contributed by atoms with Crippen LogP contribution in [0.1, 0.15) is 16.8 Å². The lowest BCUT2D eigenvalue weighted by atomic mass is 10.1. The molecule has 2 N–H and O–H groups in total. The van der Waals surface area contributed by atoms with E-state index in [1.165, 1.54) is 18.1 Å². The Morgan fingerprint density at radius 1 is 1.50 bits per heavy atom. The number of methoxy groups -OCH3 is 1. The molecule has 1 heterocycles. The average Bonchev–Trinajstić information content (AvgIpc) is 2.38. The Labute approximate surface area is 104 Å². The summed E-state index contributed by atoms with van der Waals surface area (Å²) in [6, 6.07) is 4.29. The first-order valence-corrected chi connectivity index (χ1v) is 5.60. The molecule has 1 aromatic carbocycles. The molecule has 0 unspecified atom stereocenters. The van der Waals surface area contributed by atoms with Crippen molar-refractivity contribution in [2.45, 2.75) is 6.42 Å². The van der Waals surface area contributed by atoms with Gasteiger partial charge >= 0.3 is 12.0 Å². The summed E-state index contributed by atoms with van der Waals surface area (Å²) in [4.78, 5) is 24.3. The van der Waals surface area contributed by atoms with Crippen molar-refractivity contribution in [3.63, 3.8) is 0 Å². The molecule has 0 aromatic heterocycles. The second-order valence-corrected chi connectivity index (χ2v) is 3.93. The summed E-state index contributed by atoms with van der Waals surface area (Å²) < 4.78 is 5.06. The largest absolute Gasteiger partial charge is 0.497 e. The van der Waals surface area contributed by atoms with Crippen LogP contribution in [0.4, 0.5) is 10.5 Å². The van der Waals surface area contributed by atoms with Crippen LogP contribution >= 0.6 is 0 Å². The van der Waals surface area contributed by atoms with Gasteiger partial charge in [0.05, 0.1) is 18.4 Å². The predicted octanol–water partition coefficient (Wildman–Crippen LogP) is 1.31. The molecular weight excluding hydrogens is 236 g/mol. The summed E-state index contributed by atoms with van der Waals surface area (Å²) in [6.45, 7) is 1.11. The van der Waals surface area contributed by atoms with Crippen molar-refractivity contribution in [1.29, 1.82) is 0 Å². The van der Waals surface area contributed by atoms with Crippen LogP contribution in [-0.4, -0.2) is 37.3 Å². The first-order chi connectivity index (χ1) is 8.63. The Morgan fingerprint density at radius 3 is 2.89 bits per heavy atom. The summed E-state index contributed by atoms with van der Waals surface area (Å²) >= 11 is 0. The average molecular weight is 250 g/mol. The Bertz CT molecular complexity index is 487. The number of carboxylic acid groups (broad SMARTS) is 1. The fraction of sp³-hybridized carbons (Fsp3) is 0.333. The van der Waals surface area contributed by atoms with Gasteiger partial charge in [-0.25, -0.2) is 9.59 Å². The first kappa shape index (κ1) is 12.2. The van der Waals surface area contributed by atoms with E-state index in [1.54, 1.807) is 12.1 Å². The number of ether oxygens (including phenoxy) is 1. The third-order valence-corrected chi connectivity index (χ3v) is 2.81. The van der Waals surface area contributed by atoms with Crippen LogP contribution in [0.15, 0.2) is 18.2 Å². The molecule has 2 rings (SSSR count). The lowest BCUT2D eigenvalue weighted by molar-refractivity contribution is 0.0697. The Kier molecular flexibility index (Phi) is 3.36. The third-order valence-electron chi connectivity index (χ3n) is 2.81. The molecule has 0 aliphatic carbocycles. The minimum absolute atomic E-state index is 0.0906. The van der Waals surface area contributed by atoms with Crippen molar-refractivity contribution in [3.05, 3.63) is 23.8 Å². The van der Waals surface area contributed by atoms with Gasteiger partial charge in [-0.3, -0.25) is 4.90 Å². The smallest absolute Gasteiger partial charge is 0.337 e. The van der Waals surface area contributed by atoms with E-state index in [9.17, 15) is 9.59 Å². The first-order valence-electron chi connectivity index (χ1n) is 5.60. The maximum atomic E-state index is 11.8. The second kappa shape index (κ2) is 4.95. The summed E-state index contributed by atoms with van der Waals surface area (Å²) in [7, 11) is 1.50. The predicted molar refractivity (Wildman–Crippen MR) is 65.3 cm³/mol. The van der Waals surface area contributed by atoms with Crippen LogP contribution in [0, 0.1) is 0 Å². The normalized spacial score (nSPS) is 15.2. The van der Waals surface area contributed by atoms with Crippen molar-refractivity contribution in [1.82, 2.24) is 5.32 Å². The highest BCUT2D eigenvalue weighted by atomic mass is 16.5. The molecule has 0 saturated carbocycles. The summed E-state index contributed by atoms with van der Waals surface area (Å²) in [5.41, 5.74) is 0.451. The minimum Gasteiger partial charge on any atom is -0.497 e. The van der Waals surface area contributed by atoms with E-state index in [0.717, 1.165) is 6.42 Å². The molecule has 0 atom stereocenters. The number of aromatic carboxylic acids is 1. The molecule has 6 heteroatoms. The highest BCUT2D eigenvalue weighted by molar-refractivity contribution is 6.02. The van der Waals surface area contributed by atoms with Gasteiger partial charge < -0.3 is 15.2 Å². The number of carbonyl (C=O) groups is 2. The maximum absolute atomic E-state index is 11.8. The molecule has 0 spiro atoms. The molecule has 96 valence electrons. The van der Waals surface area contributed by atoms with Crippen LogP contribution in [0.3, 0.4) is 0 Å². The summed E-state index contributed by atoms with van der Waals surface area (Å²) in [6.07, 6.45) is 0.780. The molecule has 1 aromatic rings. The van der Waals surface area contributed by atoms with E-state index in [2.05, 4.69) is 5.32 Å². The molecule has 1 saturated heterocycles. The van der Waals surface area contributed by atoms with E-state index >= 15 is 0 Å². The number of urea groups is 1. The third kappa shape index (κ3) is 2.22. The van der Waals surface area contributed by atoms with Gasteiger partial charge in [0.15, 0.2) is 0 Å². The highest BCUT2D eigenvalue weighted by Gasteiger charge is 2.24. The fourth-order valence-electron chi connectivity index (χ4n) is 1.90. The number of anilines is 1. The van der Waals surface area contributed by atoms with Gasteiger partial charge in [-0.05, 0) is 18.6 Å². The number of rotatable bonds is 3. The van der Waals surface area contributed by atoms with Gasteiger partial charge in [0.25, 0.3) is 0 Å². The topological polar surface area (TPSA) is 78.9 Å². The monoisotopic (exact) mass is 250 g/mol. The zero-order valence-corrected chi connectivity index (χ0v) is 9.97. The molecule has 1 fully saturated rings. The molecule has 1 aliphatic heterocycles. The minimum atomic E-state index is -1.06. The fourth-order valence-corrected chi connectivity index (χ4v) is 1.90. The van der Waals surface area contributed by atoms with Crippen LogP contribution in [0.25, 0.3) is 0 Å². The molecular formula is C12H14N2O4. The van der Waals surface area contributed by atoms with Crippen LogP contribution in [0.5, 0.6) is 5.75 Å². The number of benzene rings is 1.